The maximum absolute atomic E-state index is 10.7. The molecule has 0 aromatic heterocycles. The summed E-state index contributed by atoms with van der Waals surface area (Å²) in [6.07, 6.45) is 7.10. The minimum absolute atomic E-state index is 0.0951. The van der Waals surface area contributed by atoms with Crippen molar-refractivity contribution in [1.82, 2.24) is 5.32 Å². The number of carbonyl (C=O) groups excluding carboxylic acids is 1. The van der Waals surface area contributed by atoms with Gasteiger partial charge in [-0.3, -0.25) is 4.79 Å². The van der Waals surface area contributed by atoms with Crippen molar-refractivity contribution in [3.8, 4) is 12.3 Å². The van der Waals surface area contributed by atoms with E-state index >= 15 is 0 Å². The molecule has 2 heteroatoms. The van der Waals surface area contributed by atoms with Crippen LogP contribution in [0, 0.1) is 12.3 Å². The van der Waals surface area contributed by atoms with E-state index in [1.54, 1.807) is 0 Å². The van der Waals surface area contributed by atoms with Crippen LogP contribution in [0.25, 0.3) is 0 Å². The number of carbonyl (C=O) groups is 1. The van der Waals surface area contributed by atoms with Crippen LogP contribution >= 0.6 is 0 Å². The molecule has 1 amide bonds. The van der Waals surface area contributed by atoms with Crippen molar-refractivity contribution < 1.29 is 4.79 Å². The molecular formula is C8H13NO. The summed E-state index contributed by atoms with van der Waals surface area (Å²) in [5, 5.41) is 2.70. The van der Waals surface area contributed by atoms with Gasteiger partial charge < -0.3 is 5.32 Å². The number of hydrogen-bond donors (Lipinski definition) is 1. The van der Waals surface area contributed by atoms with Gasteiger partial charge in [-0.05, 0) is 6.42 Å². The average Bonchev–Trinajstić information content (AvgIpc) is 1.89. The molecule has 1 N–H and O–H groups in total. The van der Waals surface area contributed by atoms with Crippen molar-refractivity contribution >= 4 is 5.91 Å². The summed E-state index contributed by atoms with van der Waals surface area (Å²) in [5.41, 5.74) is 0. The minimum Gasteiger partial charge on any atom is -0.355 e. The van der Waals surface area contributed by atoms with E-state index in [2.05, 4.69) is 11.2 Å². The SMILES string of the molecule is C#CCCNC(=O)CCC. The van der Waals surface area contributed by atoms with Gasteiger partial charge in [0, 0.05) is 19.4 Å². The number of terminal acetylenes is 1. The van der Waals surface area contributed by atoms with Crippen LogP contribution in [0.2, 0.25) is 0 Å². The fourth-order valence-electron chi connectivity index (χ4n) is 0.590. The molecule has 0 radical (unpaired) electrons. The second kappa shape index (κ2) is 6.15. The minimum atomic E-state index is 0.0951. The van der Waals surface area contributed by atoms with Gasteiger partial charge in [0.1, 0.15) is 0 Å². The first-order valence-corrected chi connectivity index (χ1v) is 3.51. The van der Waals surface area contributed by atoms with Crippen molar-refractivity contribution in [2.75, 3.05) is 6.54 Å². The second-order valence-corrected chi connectivity index (χ2v) is 2.05. The van der Waals surface area contributed by atoms with E-state index in [1.165, 1.54) is 0 Å². The number of rotatable bonds is 4. The molecule has 2 nitrogen and oxygen atoms in total. The Bertz CT molecular complexity index is 135. The standard InChI is InChI=1S/C8H13NO/c1-3-5-7-9-8(10)6-4-2/h1H,4-7H2,2H3,(H,9,10). The van der Waals surface area contributed by atoms with Gasteiger partial charge in [-0.15, -0.1) is 12.3 Å². The molecule has 0 aliphatic rings. The highest BCUT2D eigenvalue weighted by Crippen LogP contribution is 1.84. The summed E-state index contributed by atoms with van der Waals surface area (Å²) in [4.78, 5) is 10.7. The third-order valence-corrected chi connectivity index (χ3v) is 1.07. The third kappa shape index (κ3) is 5.17. The first-order valence-electron chi connectivity index (χ1n) is 3.51. The van der Waals surface area contributed by atoms with Crippen LogP contribution in [0.5, 0.6) is 0 Å². The summed E-state index contributed by atoms with van der Waals surface area (Å²) in [6, 6.07) is 0. The van der Waals surface area contributed by atoms with Crippen LogP contribution in [-0.4, -0.2) is 12.5 Å². The molecule has 56 valence electrons. The predicted octanol–water partition coefficient (Wildman–Crippen LogP) is 0.926. The number of amides is 1. The molecule has 0 bridgehead atoms. The van der Waals surface area contributed by atoms with Crippen molar-refractivity contribution in [1.29, 1.82) is 0 Å². The van der Waals surface area contributed by atoms with E-state index in [9.17, 15) is 4.79 Å². The first kappa shape index (κ1) is 9.03. The monoisotopic (exact) mass is 139 g/mol. The quantitative estimate of drug-likeness (QED) is 0.455. The van der Waals surface area contributed by atoms with Crippen LogP contribution in [-0.2, 0) is 4.79 Å². The zero-order valence-electron chi connectivity index (χ0n) is 6.31. The van der Waals surface area contributed by atoms with Crippen LogP contribution in [0.4, 0.5) is 0 Å². The zero-order valence-corrected chi connectivity index (χ0v) is 6.31. The zero-order chi connectivity index (χ0) is 7.82. The van der Waals surface area contributed by atoms with Crippen molar-refractivity contribution in [2.24, 2.45) is 0 Å². The largest absolute Gasteiger partial charge is 0.355 e. The van der Waals surface area contributed by atoms with Gasteiger partial charge in [0.25, 0.3) is 0 Å². The maximum Gasteiger partial charge on any atom is 0.220 e. The van der Waals surface area contributed by atoms with Crippen LogP contribution in [0.1, 0.15) is 26.2 Å². The van der Waals surface area contributed by atoms with Gasteiger partial charge in [-0.2, -0.15) is 0 Å². The number of hydrogen-bond acceptors (Lipinski definition) is 1. The molecule has 0 unspecified atom stereocenters. The smallest absolute Gasteiger partial charge is 0.220 e. The van der Waals surface area contributed by atoms with Crippen molar-refractivity contribution in [3.05, 3.63) is 0 Å². The Morgan fingerprint density at radius 3 is 2.90 bits per heavy atom. The van der Waals surface area contributed by atoms with Gasteiger partial charge in [-0.25, -0.2) is 0 Å². The summed E-state index contributed by atoms with van der Waals surface area (Å²) in [6.45, 7) is 2.58. The fourth-order valence-corrected chi connectivity index (χ4v) is 0.590. The Morgan fingerprint density at radius 2 is 2.40 bits per heavy atom. The van der Waals surface area contributed by atoms with E-state index in [0.29, 0.717) is 19.4 Å². The van der Waals surface area contributed by atoms with Crippen molar-refractivity contribution in [2.45, 2.75) is 26.2 Å². The highest BCUT2D eigenvalue weighted by molar-refractivity contribution is 5.75. The highest BCUT2D eigenvalue weighted by atomic mass is 16.1. The van der Waals surface area contributed by atoms with Crippen LogP contribution < -0.4 is 5.32 Å². The van der Waals surface area contributed by atoms with Gasteiger partial charge in [0.15, 0.2) is 0 Å². The highest BCUT2D eigenvalue weighted by Gasteiger charge is 1.94. The Balaban J connectivity index is 3.15. The van der Waals surface area contributed by atoms with Gasteiger partial charge in [0.2, 0.25) is 5.91 Å². The van der Waals surface area contributed by atoms with Gasteiger partial charge in [-0.1, -0.05) is 6.92 Å². The lowest BCUT2D eigenvalue weighted by molar-refractivity contribution is -0.121. The predicted molar refractivity (Wildman–Crippen MR) is 41.4 cm³/mol. The first-order chi connectivity index (χ1) is 4.81. The molecule has 0 saturated heterocycles. The average molecular weight is 139 g/mol. The molecule has 0 spiro atoms. The molecular weight excluding hydrogens is 126 g/mol. The summed E-state index contributed by atoms with van der Waals surface area (Å²) >= 11 is 0. The molecule has 0 rings (SSSR count). The van der Waals surface area contributed by atoms with Crippen LogP contribution in [0.3, 0.4) is 0 Å². The molecule has 0 aromatic carbocycles. The van der Waals surface area contributed by atoms with Gasteiger partial charge >= 0.3 is 0 Å². The van der Waals surface area contributed by atoms with E-state index in [4.69, 9.17) is 6.42 Å². The Kier molecular flexibility index (Phi) is 5.56. The lowest BCUT2D eigenvalue weighted by atomic mass is 10.3. The number of nitrogens with one attached hydrogen (secondary N) is 1. The molecule has 0 aliphatic carbocycles. The summed E-state index contributed by atoms with van der Waals surface area (Å²) in [5.74, 6) is 2.55. The second-order valence-electron chi connectivity index (χ2n) is 2.05. The summed E-state index contributed by atoms with van der Waals surface area (Å²) < 4.78 is 0. The Hall–Kier alpha value is -0.970. The van der Waals surface area contributed by atoms with E-state index < -0.39 is 0 Å². The Morgan fingerprint density at radius 1 is 1.70 bits per heavy atom. The molecule has 10 heavy (non-hydrogen) atoms. The van der Waals surface area contributed by atoms with E-state index in [1.807, 2.05) is 6.92 Å². The topological polar surface area (TPSA) is 29.1 Å². The lowest BCUT2D eigenvalue weighted by Gasteiger charge is -1.99. The van der Waals surface area contributed by atoms with Crippen LogP contribution in [0.15, 0.2) is 0 Å². The van der Waals surface area contributed by atoms with Gasteiger partial charge in [0.05, 0.1) is 0 Å². The van der Waals surface area contributed by atoms with E-state index in [-0.39, 0.29) is 5.91 Å². The maximum atomic E-state index is 10.7. The Labute approximate surface area is 62.0 Å². The third-order valence-electron chi connectivity index (χ3n) is 1.07. The van der Waals surface area contributed by atoms with E-state index in [0.717, 1.165) is 6.42 Å². The molecule has 0 heterocycles. The molecule has 0 fully saturated rings. The molecule has 0 aliphatic heterocycles. The normalized spacial score (nSPS) is 8.40. The molecule has 0 saturated carbocycles. The lowest BCUT2D eigenvalue weighted by Crippen LogP contribution is -2.23. The van der Waals surface area contributed by atoms with Crippen molar-refractivity contribution in [3.63, 3.8) is 0 Å². The summed E-state index contributed by atoms with van der Waals surface area (Å²) in [7, 11) is 0. The molecule has 0 atom stereocenters. The fraction of sp³-hybridized carbons (Fsp3) is 0.625. The molecule has 0 aromatic rings.